The molecule has 2 saturated heterocycles. The Morgan fingerprint density at radius 3 is 2.70 bits per heavy atom. The minimum atomic E-state index is 0. The molecule has 2 aliphatic heterocycles. The molecule has 1 N–H and O–H groups in total. The number of nitrogens with zero attached hydrogens (tertiary/aromatic N) is 5. The summed E-state index contributed by atoms with van der Waals surface area (Å²) in [6.45, 7) is 11.9. The number of halogens is 1. The summed E-state index contributed by atoms with van der Waals surface area (Å²) in [5.41, 5.74) is 0. The van der Waals surface area contributed by atoms with Crippen molar-refractivity contribution in [1.82, 2.24) is 20.1 Å². The molecule has 1 aromatic heterocycles. The summed E-state index contributed by atoms with van der Waals surface area (Å²) >= 11 is 0. The number of piperazine rings is 1. The van der Waals surface area contributed by atoms with E-state index in [2.05, 4.69) is 49.9 Å². The van der Waals surface area contributed by atoms with E-state index in [0.717, 1.165) is 64.3 Å². The third-order valence-corrected chi connectivity index (χ3v) is 5.31. The van der Waals surface area contributed by atoms with Crippen molar-refractivity contribution < 1.29 is 4.74 Å². The van der Waals surface area contributed by atoms with Crippen LogP contribution in [0.3, 0.4) is 0 Å². The molecule has 0 saturated carbocycles. The predicted molar refractivity (Wildman–Crippen MR) is 121 cm³/mol. The van der Waals surface area contributed by atoms with Crippen LogP contribution in [-0.2, 0) is 4.74 Å². The summed E-state index contributed by atoms with van der Waals surface area (Å²) in [6.07, 6.45) is 1.86. The van der Waals surface area contributed by atoms with Crippen LogP contribution in [0.1, 0.15) is 13.8 Å². The minimum absolute atomic E-state index is 0. The molecular weight excluding hydrogens is 455 g/mol. The maximum Gasteiger partial charge on any atom is 0.193 e. The highest BCUT2D eigenvalue weighted by Crippen LogP contribution is 2.13. The van der Waals surface area contributed by atoms with Gasteiger partial charge in [0.1, 0.15) is 5.82 Å². The number of rotatable bonds is 4. The molecular formula is C19H33IN6O. The van der Waals surface area contributed by atoms with Gasteiger partial charge in [0.2, 0.25) is 0 Å². The zero-order chi connectivity index (χ0) is 18.4. The molecule has 2 aliphatic rings. The molecule has 2 atom stereocenters. The molecule has 1 aromatic rings. The van der Waals surface area contributed by atoms with E-state index < -0.39 is 0 Å². The summed E-state index contributed by atoms with van der Waals surface area (Å²) in [4.78, 5) is 16.2. The van der Waals surface area contributed by atoms with Crippen molar-refractivity contribution in [2.24, 2.45) is 4.99 Å². The molecule has 3 heterocycles. The van der Waals surface area contributed by atoms with Crippen molar-refractivity contribution in [2.75, 3.05) is 64.4 Å². The first-order valence-corrected chi connectivity index (χ1v) is 9.64. The molecule has 0 aromatic carbocycles. The Balaban J connectivity index is 0.00000261. The van der Waals surface area contributed by atoms with Gasteiger partial charge in [-0.05, 0) is 26.0 Å². The van der Waals surface area contributed by atoms with E-state index in [-0.39, 0.29) is 24.0 Å². The van der Waals surface area contributed by atoms with Gasteiger partial charge in [0.05, 0.1) is 13.2 Å². The largest absolute Gasteiger partial charge is 0.379 e. The second-order valence-corrected chi connectivity index (χ2v) is 7.10. The normalized spacial score (nSPS) is 22.9. The van der Waals surface area contributed by atoms with Crippen LogP contribution in [0.2, 0.25) is 0 Å². The van der Waals surface area contributed by atoms with Gasteiger partial charge in [-0.3, -0.25) is 9.89 Å². The molecule has 0 aliphatic carbocycles. The van der Waals surface area contributed by atoms with E-state index in [1.807, 2.05) is 25.4 Å². The second kappa shape index (κ2) is 11.0. The van der Waals surface area contributed by atoms with Gasteiger partial charge in [0.15, 0.2) is 5.96 Å². The molecule has 3 rings (SSSR count). The van der Waals surface area contributed by atoms with Crippen molar-refractivity contribution in [3.8, 4) is 0 Å². The average molecular weight is 488 g/mol. The first-order valence-electron chi connectivity index (χ1n) is 9.64. The summed E-state index contributed by atoms with van der Waals surface area (Å²) < 4.78 is 5.55. The molecule has 0 amide bonds. The Bertz CT molecular complexity index is 579. The van der Waals surface area contributed by atoms with E-state index in [1.54, 1.807) is 0 Å². The fraction of sp³-hybridized carbons (Fsp3) is 0.684. The zero-order valence-electron chi connectivity index (χ0n) is 16.7. The van der Waals surface area contributed by atoms with E-state index in [1.165, 1.54) is 0 Å². The van der Waals surface area contributed by atoms with Crippen molar-refractivity contribution >= 4 is 35.8 Å². The lowest BCUT2D eigenvalue weighted by molar-refractivity contribution is -0.0175. The van der Waals surface area contributed by atoms with Crippen LogP contribution in [0.5, 0.6) is 0 Å². The Kier molecular flexibility index (Phi) is 9.04. The fourth-order valence-electron chi connectivity index (χ4n) is 3.77. The van der Waals surface area contributed by atoms with Gasteiger partial charge in [-0.15, -0.1) is 24.0 Å². The van der Waals surface area contributed by atoms with Gasteiger partial charge in [-0.1, -0.05) is 6.07 Å². The molecule has 0 radical (unpaired) electrons. The quantitative estimate of drug-likeness (QED) is 0.394. The lowest BCUT2D eigenvalue weighted by Crippen LogP contribution is -2.56. The minimum Gasteiger partial charge on any atom is -0.379 e. The van der Waals surface area contributed by atoms with Crippen molar-refractivity contribution in [3.63, 3.8) is 0 Å². The highest BCUT2D eigenvalue weighted by Gasteiger charge is 2.25. The van der Waals surface area contributed by atoms with Gasteiger partial charge in [-0.25, -0.2) is 4.98 Å². The number of nitrogens with one attached hydrogen (secondary N) is 1. The molecule has 27 heavy (non-hydrogen) atoms. The SMILES string of the molecule is CN=C(NCC(C)N1CCOCC1C)N1CCN(c2ccccn2)CC1.I. The second-order valence-electron chi connectivity index (χ2n) is 7.10. The van der Waals surface area contributed by atoms with Crippen molar-refractivity contribution in [1.29, 1.82) is 0 Å². The van der Waals surface area contributed by atoms with Crippen LogP contribution in [0.4, 0.5) is 5.82 Å². The van der Waals surface area contributed by atoms with Crippen molar-refractivity contribution in [2.45, 2.75) is 25.9 Å². The zero-order valence-corrected chi connectivity index (χ0v) is 19.0. The topological polar surface area (TPSA) is 56.2 Å². The van der Waals surface area contributed by atoms with Crippen molar-refractivity contribution in [3.05, 3.63) is 24.4 Å². The Morgan fingerprint density at radius 2 is 2.07 bits per heavy atom. The lowest BCUT2D eigenvalue weighted by Gasteiger charge is -2.39. The number of hydrogen-bond donors (Lipinski definition) is 1. The van der Waals surface area contributed by atoms with E-state index in [0.29, 0.717) is 12.1 Å². The molecule has 0 bridgehead atoms. The Labute approximate surface area is 180 Å². The summed E-state index contributed by atoms with van der Waals surface area (Å²) in [6, 6.07) is 7.02. The average Bonchev–Trinajstić information content (AvgIpc) is 2.70. The van der Waals surface area contributed by atoms with Crippen LogP contribution in [-0.4, -0.2) is 92.4 Å². The van der Waals surface area contributed by atoms with Crippen LogP contribution >= 0.6 is 24.0 Å². The third-order valence-electron chi connectivity index (χ3n) is 5.31. The Hall–Kier alpha value is -1.13. The summed E-state index contributed by atoms with van der Waals surface area (Å²) in [5, 5.41) is 3.57. The van der Waals surface area contributed by atoms with Gasteiger partial charge in [0, 0.05) is 64.6 Å². The highest BCUT2D eigenvalue weighted by molar-refractivity contribution is 14.0. The highest BCUT2D eigenvalue weighted by atomic mass is 127. The molecule has 2 unspecified atom stereocenters. The van der Waals surface area contributed by atoms with Gasteiger partial charge in [-0.2, -0.15) is 0 Å². The molecule has 2 fully saturated rings. The number of hydrogen-bond acceptors (Lipinski definition) is 5. The number of guanidine groups is 1. The van der Waals surface area contributed by atoms with Crippen LogP contribution in [0.25, 0.3) is 0 Å². The molecule has 7 nitrogen and oxygen atoms in total. The number of aromatic nitrogens is 1. The van der Waals surface area contributed by atoms with Gasteiger partial charge in [0.25, 0.3) is 0 Å². The smallest absolute Gasteiger partial charge is 0.193 e. The number of morpholine rings is 1. The predicted octanol–water partition coefficient (Wildman–Crippen LogP) is 1.51. The number of anilines is 1. The fourth-order valence-corrected chi connectivity index (χ4v) is 3.77. The summed E-state index contributed by atoms with van der Waals surface area (Å²) in [7, 11) is 1.87. The first kappa shape index (κ1) is 22.2. The van der Waals surface area contributed by atoms with Gasteiger partial charge >= 0.3 is 0 Å². The van der Waals surface area contributed by atoms with E-state index in [4.69, 9.17) is 4.74 Å². The summed E-state index contributed by atoms with van der Waals surface area (Å²) in [5.74, 6) is 2.06. The standard InChI is InChI=1S/C19H32N6O.HI/c1-16(25-12-13-26-15-17(25)2)14-22-19(20-3)24-10-8-23(9-11-24)18-6-4-5-7-21-18;/h4-7,16-17H,8-15H2,1-3H3,(H,20,22);1H. The molecule has 8 heteroatoms. The van der Waals surface area contributed by atoms with Crippen LogP contribution < -0.4 is 10.2 Å². The number of ether oxygens (including phenoxy) is 1. The molecule has 152 valence electrons. The number of aliphatic imine (C=N–C) groups is 1. The first-order chi connectivity index (χ1) is 12.7. The van der Waals surface area contributed by atoms with E-state index in [9.17, 15) is 0 Å². The van der Waals surface area contributed by atoms with E-state index >= 15 is 0 Å². The van der Waals surface area contributed by atoms with Crippen LogP contribution in [0.15, 0.2) is 29.4 Å². The third kappa shape index (κ3) is 5.92. The monoisotopic (exact) mass is 488 g/mol. The maximum atomic E-state index is 5.55. The maximum absolute atomic E-state index is 5.55. The van der Waals surface area contributed by atoms with Gasteiger partial charge < -0.3 is 19.9 Å². The number of pyridine rings is 1. The van der Waals surface area contributed by atoms with Crippen LogP contribution in [0, 0.1) is 0 Å². The molecule has 0 spiro atoms. The lowest BCUT2D eigenvalue weighted by atomic mass is 10.2. The Morgan fingerprint density at radius 1 is 1.30 bits per heavy atom.